The molecule has 0 radical (unpaired) electrons. The van der Waals surface area contributed by atoms with Crippen LogP contribution in [0.1, 0.15) is 11.3 Å². The van der Waals surface area contributed by atoms with Gasteiger partial charge in [-0.25, -0.2) is 4.98 Å². The molecular weight excluding hydrogens is 198 g/mol. The number of imidazole rings is 1. The van der Waals surface area contributed by atoms with Crippen LogP contribution < -0.4 is 5.73 Å². The van der Waals surface area contributed by atoms with Crippen molar-refractivity contribution in [2.75, 3.05) is 5.73 Å². The molecule has 0 atom stereocenters. The second kappa shape index (κ2) is 2.98. The van der Waals surface area contributed by atoms with Crippen LogP contribution in [0.2, 0.25) is 0 Å². The molecule has 80 valence electrons. The minimum absolute atomic E-state index is 0.795. The average Bonchev–Trinajstić information content (AvgIpc) is 2.59. The van der Waals surface area contributed by atoms with Gasteiger partial charge >= 0.3 is 0 Å². The van der Waals surface area contributed by atoms with Gasteiger partial charge in [0.25, 0.3) is 0 Å². The zero-order valence-corrected chi connectivity index (χ0v) is 9.36. The van der Waals surface area contributed by atoms with E-state index in [1.807, 2.05) is 25.3 Å². The number of para-hydroxylation sites is 1. The van der Waals surface area contributed by atoms with Crippen LogP contribution in [-0.4, -0.2) is 9.38 Å². The van der Waals surface area contributed by atoms with Gasteiger partial charge in [0.15, 0.2) is 0 Å². The molecule has 1 aromatic carbocycles. The Labute approximate surface area is 93.5 Å². The van der Waals surface area contributed by atoms with Gasteiger partial charge in [0, 0.05) is 11.6 Å². The van der Waals surface area contributed by atoms with Crippen molar-refractivity contribution >= 4 is 22.2 Å². The zero-order valence-electron chi connectivity index (χ0n) is 9.36. The molecule has 0 amide bonds. The molecule has 0 saturated heterocycles. The summed E-state index contributed by atoms with van der Waals surface area (Å²) in [5.74, 6) is 0. The summed E-state index contributed by atoms with van der Waals surface area (Å²) < 4.78 is 2.06. The molecule has 0 fully saturated rings. The Morgan fingerprint density at radius 2 is 2.06 bits per heavy atom. The van der Waals surface area contributed by atoms with E-state index in [1.165, 1.54) is 10.9 Å². The molecule has 0 aliphatic heterocycles. The molecule has 3 rings (SSSR count). The van der Waals surface area contributed by atoms with Gasteiger partial charge in [-0.15, -0.1) is 0 Å². The lowest BCUT2D eigenvalue weighted by molar-refractivity contribution is 1.24. The predicted molar refractivity (Wildman–Crippen MR) is 66.6 cm³/mol. The van der Waals surface area contributed by atoms with Crippen LogP contribution in [0.5, 0.6) is 0 Å². The standard InChI is InChI=1S/C13H13N3/c1-8-6-12-15-9(2)7-16(12)13-10(8)4-3-5-11(13)14/h3-7H,14H2,1-2H3. The van der Waals surface area contributed by atoms with Gasteiger partial charge in [0.05, 0.1) is 16.9 Å². The second-order valence-electron chi connectivity index (χ2n) is 4.18. The SMILES string of the molecule is Cc1cn2c(cc(C)c3cccc(N)c32)n1. The number of rotatable bonds is 0. The first-order valence-electron chi connectivity index (χ1n) is 5.30. The van der Waals surface area contributed by atoms with E-state index >= 15 is 0 Å². The van der Waals surface area contributed by atoms with Crippen LogP contribution in [0.15, 0.2) is 30.5 Å². The maximum absolute atomic E-state index is 6.05. The van der Waals surface area contributed by atoms with Gasteiger partial charge in [0.2, 0.25) is 0 Å². The Morgan fingerprint density at radius 1 is 1.25 bits per heavy atom. The first-order valence-corrected chi connectivity index (χ1v) is 5.30. The number of nitrogen functional groups attached to an aromatic ring is 1. The number of anilines is 1. The normalized spacial score (nSPS) is 11.4. The van der Waals surface area contributed by atoms with Gasteiger partial charge in [-0.2, -0.15) is 0 Å². The molecule has 0 saturated carbocycles. The van der Waals surface area contributed by atoms with Gasteiger partial charge in [-0.3, -0.25) is 4.40 Å². The smallest absolute Gasteiger partial charge is 0.137 e. The lowest BCUT2D eigenvalue weighted by Gasteiger charge is -2.07. The van der Waals surface area contributed by atoms with Gasteiger partial charge in [-0.1, -0.05) is 12.1 Å². The topological polar surface area (TPSA) is 43.3 Å². The molecule has 0 spiro atoms. The third-order valence-corrected chi connectivity index (χ3v) is 2.93. The lowest BCUT2D eigenvalue weighted by atomic mass is 10.1. The maximum Gasteiger partial charge on any atom is 0.137 e. The third-order valence-electron chi connectivity index (χ3n) is 2.93. The van der Waals surface area contributed by atoms with E-state index in [-0.39, 0.29) is 0 Å². The summed E-state index contributed by atoms with van der Waals surface area (Å²) in [5, 5.41) is 1.19. The molecule has 2 heterocycles. The number of fused-ring (bicyclic) bond motifs is 3. The molecule has 0 bridgehead atoms. The number of pyridine rings is 1. The van der Waals surface area contributed by atoms with Crippen molar-refractivity contribution in [3.63, 3.8) is 0 Å². The van der Waals surface area contributed by atoms with Crippen LogP contribution in [0.3, 0.4) is 0 Å². The molecule has 0 unspecified atom stereocenters. The number of benzene rings is 1. The van der Waals surface area contributed by atoms with Crippen molar-refractivity contribution in [1.82, 2.24) is 9.38 Å². The molecule has 2 N–H and O–H groups in total. The highest BCUT2D eigenvalue weighted by atomic mass is 15.0. The van der Waals surface area contributed by atoms with Crippen molar-refractivity contribution < 1.29 is 0 Å². The van der Waals surface area contributed by atoms with Crippen LogP contribution in [-0.2, 0) is 0 Å². The molecule has 16 heavy (non-hydrogen) atoms. The highest BCUT2D eigenvalue weighted by Crippen LogP contribution is 2.25. The van der Waals surface area contributed by atoms with Crippen LogP contribution in [0.4, 0.5) is 5.69 Å². The van der Waals surface area contributed by atoms with Crippen molar-refractivity contribution in [1.29, 1.82) is 0 Å². The highest BCUT2D eigenvalue weighted by molar-refractivity contribution is 5.94. The maximum atomic E-state index is 6.05. The van der Waals surface area contributed by atoms with Gasteiger partial charge in [0.1, 0.15) is 5.65 Å². The zero-order chi connectivity index (χ0) is 11.3. The Kier molecular flexibility index (Phi) is 1.72. The first-order chi connectivity index (χ1) is 7.66. The van der Waals surface area contributed by atoms with Crippen LogP contribution in [0, 0.1) is 13.8 Å². The summed E-state index contributed by atoms with van der Waals surface area (Å²) in [7, 11) is 0. The average molecular weight is 211 g/mol. The molecule has 3 nitrogen and oxygen atoms in total. The van der Waals surface area contributed by atoms with E-state index in [9.17, 15) is 0 Å². The number of hydrogen-bond acceptors (Lipinski definition) is 2. The molecule has 3 heteroatoms. The quantitative estimate of drug-likeness (QED) is 0.581. The van der Waals surface area contributed by atoms with Crippen LogP contribution >= 0.6 is 0 Å². The summed E-state index contributed by atoms with van der Waals surface area (Å²) in [6, 6.07) is 8.10. The molecule has 2 aromatic heterocycles. The predicted octanol–water partition coefficient (Wildman–Crippen LogP) is 2.69. The van der Waals surface area contributed by atoms with Crippen molar-refractivity contribution in [2.45, 2.75) is 13.8 Å². The largest absolute Gasteiger partial charge is 0.397 e. The Bertz CT molecular complexity index is 695. The number of hydrogen-bond donors (Lipinski definition) is 1. The first kappa shape index (κ1) is 9.21. The second-order valence-corrected chi connectivity index (χ2v) is 4.18. The van der Waals surface area contributed by atoms with Gasteiger partial charge < -0.3 is 5.73 Å². The van der Waals surface area contributed by atoms with E-state index in [1.54, 1.807) is 0 Å². The molecule has 0 aliphatic rings. The summed E-state index contributed by atoms with van der Waals surface area (Å²) in [6.45, 7) is 4.08. The fraction of sp³-hybridized carbons (Fsp3) is 0.154. The summed E-state index contributed by atoms with van der Waals surface area (Å²) in [4.78, 5) is 4.47. The Morgan fingerprint density at radius 3 is 2.88 bits per heavy atom. The van der Waals surface area contributed by atoms with E-state index in [4.69, 9.17) is 5.73 Å². The fourth-order valence-electron chi connectivity index (χ4n) is 2.22. The van der Waals surface area contributed by atoms with Crippen molar-refractivity contribution in [3.8, 4) is 0 Å². The van der Waals surface area contributed by atoms with E-state index < -0.39 is 0 Å². The molecule has 3 aromatic rings. The number of nitrogens with two attached hydrogens (primary N) is 1. The summed E-state index contributed by atoms with van der Waals surface area (Å²) in [6.07, 6.45) is 2.02. The van der Waals surface area contributed by atoms with E-state index in [0.29, 0.717) is 0 Å². The third kappa shape index (κ3) is 1.11. The minimum atomic E-state index is 0.795. The van der Waals surface area contributed by atoms with Gasteiger partial charge in [-0.05, 0) is 31.5 Å². The summed E-state index contributed by atoms with van der Waals surface area (Å²) >= 11 is 0. The highest BCUT2D eigenvalue weighted by Gasteiger charge is 2.07. The Balaban J connectivity index is 2.66. The molecular formula is C13H13N3. The van der Waals surface area contributed by atoms with Crippen molar-refractivity contribution in [2.24, 2.45) is 0 Å². The summed E-state index contributed by atoms with van der Waals surface area (Å²) in [5.41, 5.74) is 11.1. The Hall–Kier alpha value is -2.03. The minimum Gasteiger partial charge on any atom is -0.397 e. The number of aromatic nitrogens is 2. The van der Waals surface area contributed by atoms with E-state index in [0.717, 1.165) is 22.5 Å². The van der Waals surface area contributed by atoms with Crippen molar-refractivity contribution in [3.05, 3.63) is 41.7 Å². The lowest BCUT2D eigenvalue weighted by Crippen LogP contribution is -1.95. The molecule has 0 aliphatic carbocycles. The monoisotopic (exact) mass is 211 g/mol. The van der Waals surface area contributed by atoms with Crippen LogP contribution in [0.25, 0.3) is 16.6 Å². The van der Waals surface area contributed by atoms with E-state index in [2.05, 4.69) is 28.4 Å². The fourth-order valence-corrected chi connectivity index (χ4v) is 2.22. The number of aryl methyl sites for hydroxylation is 2. The number of nitrogens with zero attached hydrogens (tertiary/aromatic N) is 2.